The lowest BCUT2D eigenvalue weighted by atomic mass is 10.0. The Bertz CT molecular complexity index is 1170. The molecule has 0 rings (SSSR count). The smallest absolute Gasteiger partial charge is 0.322 e. The van der Waals surface area contributed by atoms with Crippen LogP contribution in [-0.4, -0.2) is 35.6 Å². The molecule has 0 aromatic rings. The second kappa shape index (κ2) is 44.0. The highest BCUT2D eigenvalue weighted by Crippen LogP contribution is 2.17. The van der Waals surface area contributed by atoms with E-state index in [9.17, 15) is 14.4 Å². The highest BCUT2D eigenvalue weighted by molar-refractivity contribution is 5.80. The van der Waals surface area contributed by atoms with Crippen molar-refractivity contribution < 1.29 is 24.2 Å². The van der Waals surface area contributed by atoms with E-state index in [0.717, 1.165) is 116 Å². The first-order valence-corrected chi connectivity index (χ1v) is 22.4. The third kappa shape index (κ3) is 43.1. The molecule has 0 radical (unpaired) electrons. The number of ether oxygens (including phenoxy) is 1. The number of carbonyl (C=O) groups excluding carboxylic acids is 2. The minimum Gasteiger partial charge on any atom is -0.480 e. The number of carboxylic acid groups (broad SMARTS) is 1. The number of unbranched alkanes of at least 4 members (excludes halogenated alkanes) is 12. The molecule has 0 saturated heterocycles. The summed E-state index contributed by atoms with van der Waals surface area (Å²) in [6.07, 6.45) is 62.5. The van der Waals surface area contributed by atoms with Crippen molar-refractivity contribution in [3.05, 3.63) is 97.2 Å². The van der Waals surface area contributed by atoms with Gasteiger partial charge in [-0.25, -0.2) is 0 Å². The molecule has 0 aliphatic rings. The first kappa shape index (κ1) is 52.3. The lowest BCUT2D eigenvalue weighted by Gasteiger charge is -2.17. The summed E-state index contributed by atoms with van der Waals surface area (Å²) in [5.41, 5.74) is 0. The normalized spacial score (nSPS) is 13.0. The Labute approximate surface area is 343 Å². The van der Waals surface area contributed by atoms with E-state index in [4.69, 9.17) is 9.84 Å². The van der Waals surface area contributed by atoms with Gasteiger partial charge in [0.15, 0.2) is 0 Å². The van der Waals surface area contributed by atoms with Crippen molar-refractivity contribution >= 4 is 17.8 Å². The van der Waals surface area contributed by atoms with E-state index in [0.29, 0.717) is 12.8 Å². The van der Waals surface area contributed by atoms with Crippen molar-refractivity contribution in [1.82, 2.24) is 5.32 Å². The lowest BCUT2D eigenvalue weighted by Crippen LogP contribution is -2.28. The zero-order valence-corrected chi connectivity index (χ0v) is 35.7. The van der Waals surface area contributed by atoms with Crippen LogP contribution in [0.25, 0.3) is 0 Å². The molecule has 0 aromatic carbocycles. The molecule has 0 aromatic heterocycles. The number of hydrogen-bond donors (Lipinski definition) is 2. The van der Waals surface area contributed by atoms with E-state index in [-0.39, 0.29) is 24.5 Å². The van der Waals surface area contributed by atoms with Gasteiger partial charge in [0.25, 0.3) is 0 Å². The van der Waals surface area contributed by atoms with E-state index >= 15 is 0 Å². The number of hydrogen-bond acceptors (Lipinski definition) is 4. The van der Waals surface area contributed by atoms with Gasteiger partial charge >= 0.3 is 11.9 Å². The zero-order chi connectivity index (χ0) is 40.8. The van der Waals surface area contributed by atoms with Gasteiger partial charge in [-0.3, -0.25) is 14.4 Å². The van der Waals surface area contributed by atoms with Crippen LogP contribution in [0.4, 0.5) is 0 Å². The Hall–Kier alpha value is -3.67. The van der Waals surface area contributed by atoms with Crippen LogP contribution in [0.3, 0.4) is 0 Å². The van der Waals surface area contributed by atoms with E-state index in [1.165, 1.54) is 44.9 Å². The molecule has 0 saturated carbocycles. The maximum absolute atomic E-state index is 12.8. The first-order chi connectivity index (χ1) is 27.5. The Balaban J connectivity index is 4.25. The third-order valence-corrected chi connectivity index (χ3v) is 9.26. The second-order valence-electron chi connectivity index (χ2n) is 14.5. The van der Waals surface area contributed by atoms with Gasteiger partial charge in [0.05, 0.1) is 0 Å². The van der Waals surface area contributed by atoms with E-state index in [1.807, 2.05) is 0 Å². The fourth-order valence-corrected chi connectivity index (χ4v) is 6.03. The molecule has 0 heterocycles. The predicted molar refractivity (Wildman–Crippen MR) is 240 cm³/mol. The third-order valence-electron chi connectivity index (χ3n) is 9.26. The van der Waals surface area contributed by atoms with Crippen molar-refractivity contribution in [2.45, 2.75) is 193 Å². The van der Waals surface area contributed by atoms with E-state index in [1.54, 1.807) is 0 Å². The van der Waals surface area contributed by atoms with Crippen molar-refractivity contribution in [3.8, 4) is 0 Å². The fraction of sp³-hybridized carbons (Fsp3) is 0.620. The number of esters is 1. The number of amides is 1. The predicted octanol–water partition coefficient (Wildman–Crippen LogP) is 14.1. The first-order valence-electron chi connectivity index (χ1n) is 22.4. The van der Waals surface area contributed by atoms with Gasteiger partial charge in [-0.2, -0.15) is 0 Å². The summed E-state index contributed by atoms with van der Waals surface area (Å²) in [6.45, 7) is 3.98. The Morgan fingerprint density at radius 3 is 1.34 bits per heavy atom. The summed E-state index contributed by atoms with van der Waals surface area (Å²) < 4.78 is 5.99. The van der Waals surface area contributed by atoms with E-state index in [2.05, 4.69) is 116 Å². The molecule has 1 amide bonds. The maximum Gasteiger partial charge on any atom is 0.322 e. The van der Waals surface area contributed by atoms with Gasteiger partial charge in [-0.1, -0.05) is 169 Å². The molecule has 0 aliphatic heterocycles. The molecular formula is C50H81NO5. The van der Waals surface area contributed by atoms with Crippen molar-refractivity contribution in [2.75, 3.05) is 6.54 Å². The molecule has 56 heavy (non-hydrogen) atoms. The molecule has 0 aliphatic carbocycles. The highest BCUT2D eigenvalue weighted by Gasteiger charge is 2.14. The molecule has 2 N–H and O–H groups in total. The zero-order valence-electron chi connectivity index (χ0n) is 35.7. The summed E-state index contributed by atoms with van der Waals surface area (Å²) in [4.78, 5) is 35.1. The summed E-state index contributed by atoms with van der Waals surface area (Å²) in [5.74, 6) is -1.30. The van der Waals surface area contributed by atoms with Gasteiger partial charge in [0, 0.05) is 12.8 Å². The average Bonchev–Trinajstić information content (AvgIpc) is 3.18. The summed E-state index contributed by atoms with van der Waals surface area (Å²) >= 11 is 0. The van der Waals surface area contributed by atoms with Crippen LogP contribution in [0.2, 0.25) is 0 Å². The van der Waals surface area contributed by atoms with Gasteiger partial charge in [-0.05, 0) is 103 Å². The highest BCUT2D eigenvalue weighted by atomic mass is 16.5. The summed E-state index contributed by atoms with van der Waals surface area (Å²) in [5, 5.41) is 11.1. The van der Waals surface area contributed by atoms with E-state index < -0.39 is 5.97 Å². The van der Waals surface area contributed by atoms with Crippen LogP contribution in [0.1, 0.15) is 187 Å². The molecule has 0 fully saturated rings. The van der Waals surface area contributed by atoms with Crippen LogP contribution < -0.4 is 5.32 Å². The van der Waals surface area contributed by atoms with Crippen LogP contribution in [-0.2, 0) is 19.1 Å². The Kier molecular flexibility index (Phi) is 41.2. The van der Waals surface area contributed by atoms with Crippen LogP contribution in [0.15, 0.2) is 97.2 Å². The van der Waals surface area contributed by atoms with Crippen molar-refractivity contribution in [1.29, 1.82) is 0 Å². The Morgan fingerprint density at radius 2 is 0.857 bits per heavy atom. The standard InChI is InChI=1S/C50H81NO5/c1-3-5-7-9-11-13-15-17-18-19-20-21-22-23-24-26-28-30-32-37-41-45-50(55)56-47(43-39-35-33-36-40-44-48(52)51-46-49(53)54)42-38-34-31-29-27-25-16-14-12-10-8-6-4-2/h5-8,11-14,17-18,20-21,25,27,31,34,47H,3-4,9-10,15-16,19,22-24,26,28-30,32-33,35-46H2,1-2H3,(H,51,52)(H,53,54)/b7-5-,8-6-,13-11-,14-12-,18-17-,21-20-,27-25-,34-31-. The largest absolute Gasteiger partial charge is 0.480 e. The number of carboxylic acids is 1. The van der Waals surface area contributed by atoms with Crippen LogP contribution in [0, 0.1) is 0 Å². The molecule has 6 nitrogen and oxygen atoms in total. The second-order valence-corrected chi connectivity index (χ2v) is 14.5. The summed E-state index contributed by atoms with van der Waals surface area (Å²) in [7, 11) is 0. The Morgan fingerprint density at radius 1 is 0.464 bits per heavy atom. The molecular weight excluding hydrogens is 695 g/mol. The molecule has 316 valence electrons. The minimum absolute atomic E-state index is 0.0620. The molecule has 0 bridgehead atoms. The number of carbonyl (C=O) groups is 3. The minimum atomic E-state index is -1.03. The number of nitrogens with one attached hydrogen (secondary N) is 1. The number of allylic oxidation sites excluding steroid dienone is 16. The quantitative estimate of drug-likeness (QED) is 0.0368. The van der Waals surface area contributed by atoms with Gasteiger partial charge in [0.1, 0.15) is 12.6 Å². The van der Waals surface area contributed by atoms with Gasteiger partial charge in [-0.15, -0.1) is 0 Å². The molecule has 0 spiro atoms. The number of rotatable bonds is 39. The van der Waals surface area contributed by atoms with Crippen LogP contribution >= 0.6 is 0 Å². The lowest BCUT2D eigenvalue weighted by molar-refractivity contribution is -0.150. The maximum atomic E-state index is 12.8. The molecule has 1 atom stereocenters. The topological polar surface area (TPSA) is 92.7 Å². The number of aliphatic carboxylic acids is 1. The van der Waals surface area contributed by atoms with Crippen LogP contribution in [0.5, 0.6) is 0 Å². The van der Waals surface area contributed by atoms with Gasteiger partial charge in [0.2, 0.25) is 5.91 Å². The molecule has 1 unspecified atom stereocenters. The van der Waals surface area contributed by atoms with Crippen molar-refractivity contribution in [3.63, 3.8) is 0 Å². The average molecular weight is 776 g/mol. The summed E-state index contributed by atoms with van der Waals surface area (Å²) in [6, 6.07) is 0. The van der Waals surface area contributed by atoms with Gasteiger partial charge < -0.3 is 15.2 Å². The van der Waals surface area contributed by atoms with Crippen molar-refractivity contribution in [2.24, 2.45) is 0 Å². The molecule has 6 heteroatoms. The fourth-order valence-electron chi connectivity index (χ4n) is 6.03. The monoisotopic (exact) mass is 776 g/mol. The SMILES string of the molecule is CC/C=C\C/C=C\C/C=C\C/C=C\CCCCCCCCCCC(=O)OC(CC/C=C\C/C=C\C/C=C\C/C=C\CC)CCCCCCCC(=O)NCC(=O)O.